The average molecular weight is 902 g/mol. The van der Waals surface area contributed by atoms with Gasteiger partial charge >= 0.3 is 0 Å². The Morgan fingerprint density at radius 1 is 0.891 bits per heavy atom. The molecule has 17 nitrogen and oxygen atoms in total. The summed E-state index contributed by atoms with van der Waals surface area (Å²) in [6.07, 6.45) is 10.1. The van der Waals surface area contributed by atoms with E-state index in [2.05, 4.69) is 20.5 Å². The topological polar surface area (TPSA) is 207 Å². The second-order valence-corrected chi connectivity index (χ2v) is 21.9. The molecule has 2 aliphatic carbocycles. The fourth-order valence-electron chi connectivity index (χ4n) is 12.0. The van der Waals surface area contributed by atoms with E-state index in [9.17, 15) is 37.5 Å². The third-order valence-corrected chi connectivity index (χ3v) is 18.0. The first kappa shape index (κ1) is 43.1. The van der Waals surface area contributed by atoms with Crippen LogP contribution in [-0.4, -0.2) is 135 Å². The summed E-state index contributed by atoms with van der Waals surface area (Å²) < 4.78 is 46.5. The van der Waals surface area contributed by atoms with Crippen molar-refractivity contribution < 1.29 is 37.1 Å². The predicted octanol–water partition coefficient (Wildman–Crippen LogP) is 3.18. The molecular formula is C45H56FN9O8S. The molecule has 1 spiro atoms. The summed E-state index contributed by atoms with van der Waals surface area (Å²) in [6.45, 7) is 6.22. The van der Waals surface area contributed by atoms with Gasteiger partial charge in [0.15, 0.2) is 0 Å². The van der Waals surface area contributed by atoms with E-state index < -0.39 is 56.4 Å². The highest BCUT2D eigenvalue weighted by atomic mass is 32.2. The standard InChI is InChI=1S/C45H56FN9O8S/c1-44(61)12-2-3-36(44)55-38(57)7-4-28-25-47-43(50-39(28)55)48-29-8-17-53(18-9-29)64(62,63)30-10-15-51(16-11-30)26-27-23-45(24-27)13-19-52(20-14-45)35-22-32-31(21-33(35)46)41(59)54(42(32)60)34-5-6-37(56)49-40(34)58/h4,7,21-22,25,27,29-30,34,36,61H,2-3,5-6,8-20,23-24,26H2,1H3,(H,47,48,50)(H,49,56,58)/t34?,36-,44-/m1/s1. The maximum absolute atomic E-state index is 15.5. The van der Waals surface area contributed by atoms with Crippen molar-refractivity contribution >= 4 is 56.3 Å². The van der Waals surface area contributed by atoms with Crippen LogP contribution in [0.1, 0.15) is 117 Å². The minimum Gasteiger partial charge on any atom is -0.388 e. The summed E-state index contributed by atoms with van der Waals surface area (Å²) in [5, 5.41) is 16.9. The number of sulfonamides is 1. The number of benzene rings is 1. The first-order chi connectivity index (χ1) is 30.6. The second-order valence-electron chi connectivity index (χ2n) is 19.7. The molecule has 342 valence electrons. The number of imide groups is 2. The van der Waals surface area contributed by atoms with Crippen LogP contribution in [0.4, 0.5) is 16.0 Å². The lowest BCUT2D eigenvalue weighted by atomic mass is 9.57. The van der Waals surface area contributed by atoms with Crippen molar-refractivity contribution in [2.45, 2.75) is 119 Å². The molecule has 64 heavy (non-hydrogen) atoms. The van der Waals surface area contributed by atoms with Crippen molar-refractivity contribution in [2.75, 3.05) is 56.0 Å². The van der Waals surface area contributed by atoms with Crippen molar-refractivity contribution in [3.8, 4) is 0 Å². The van der Waals surface area contributed by atoms with Crippen molar-refractivity contribution in [1.29, 1.82) is 0 Å². The molecule has 6 fully saturated rings. The number of hydrogen-bond donors (Lipinski definition) is 3. The fraction of sp³-hybridized carbons (Fsp3) is 0.622. The number of amides is 4. The summed E-state index contributed by atoms with van der Waals surface area (Å²) >= 11 is 0. The van der Waals surface area contributed by atoms with Gasteiger partial charge in [0.2, 0.25) is 27.8 Å². The van der Waals surface area contributed by atoms with Gasteiger partial charge in [-0.3, -0.25) is 38.8 Å². The van der Waals surface area contributed by atoms with E-state index in [0.717, 1.165) is 62.7 Å². The van der Waals surface area contributed by atoms with Gasteiger partial charge in [0.1, 0.15) is 17.5 Å². The molecule has 2 aromatic heterocycles. The molecule has 19 heteroatoms. The predicted molar refractivity (Wildman–Crippen MR) is 234 cm³/mol. The Morgan fingerprint density at radius 3 is 2.27 bits per heavy atom. The molecule has 0 radical (unpaired) electrons. The highest BCUT2D eigenvalue weighted by Gasteiger charge is 2.49. The van der Waals surface area contributed by atoms with E-state index in [4.69, 9.17) is 4.98 Å². The summed E-state index contributed by atoms with van der Waals surface area (Å²) in [5.41, 5.74) is -0.280. The number of aromatic nitrogens is 3. The Kier molecular flexibility index (Phi) is 10.9. The Labute approximate surface area is 370 Å². The number of fused-ring (bicyclic) bond motifs is 2. The van der Waals surface area contributed by atoms with Gasteiger partial charge in [0.25, 0.3) is 17.4 Å². The number of rotatable bonds is 9. The fourth-order valence-corrected chi connectivity index (χ4v) is 13.9. The maximum atomic E-state index is 15.5. The van der Waals surface area contributed by atoms with E-state index in [1.807, 2.05) is 4.90 Å². The molecule has 0 bridgehead atoms. The van der Waals surface area contributed by atoms with Crippen LogP contribution in [0.25, 0.3) is 11.0 Å². The molecular weight excluding hydrogens is 846 g/mol. The summed E-state index contributed by atoms with van der Waals surface area (Å²) in [5.74, 6) is -2.23. The zero-order valence-corrected chi connectivity index (χ0v) is 37.0. The molecule has 3 atom stereocenters. The molecule has 1 aromatic carbocycles. The van der Waals surface area contributed by atoms with Gasteiger partial charge in [0.05, 0.1) is 33.7 Å². The second kappa shape index (κ2) is 16.2. The van der Waals surface area contributed by atoms with Crippen LogP contribution in [0.2, 0.25) is 0 Å². The highest BCUT2D eigenvalue weighted by Crippen LogP contribution is 2.53. The molecule has 10 rings (SSSR count). The zero-order chi connectivity index (χ0) is 44.7. The van der Waals surface area contributed by atoms with Gasteiger partial charge in [-0.1, -0.05) is 0 Å². The largest absolute Gasteiger partial charge is 0.388 e. The SMILES string of the molecule is C[C@@]1(O)CCC[C@H]1n1c(=O)ccc2cnc(NC3CCN(S(=O)(=O)C4CCN(CC5CC6(CCN(c7cc8c(cc7F)C(=O)N(C7CCC(=O)NC7=O)C8=O)CC6)C5)CC4)CC3)nc21. The molecule has 4 saturated heterocycles. The molecule has 4 amide bonds. The molecule has 7 aliphatic rings. The van der Waals surface area contributed by atoms with Crippen LogP contribution in [0.15, 0.2) is 35.3 Å². The van der Waals surface area contributed by atoms with Crippen molar-refractivity contribution in [1.82, 2.24) is 34.0 Å². The number of halogens is 1. The lowest BCUT2D eigenvalue weighted by Crippen LogP contribution is -2.54. The van der Waals surface area contributed by atoms with Gasteiger partial charge in [-0.2, -0.15) is 4.98 Å². The average Bonchev–Trinajstić information content (AvgIpc) is 3.73. The molecule has 1 unspecified atom stereocenters. The maximum Gasteiger partial charge on any atom is 0.262 e. The highest BCUT2D eigenvalue weighted by molar-refractivity contribution is 7.89. The summed E-state index contributed by atoms with van der Waals surface area (Å²) in [4.78, 5) is 78.1. The summed E-state index contributed by atoms with van der Waals surface area (Å²) in [6, 6.07) is 4.23. The Balaban J connectivity index is 0.676. The van der Waals surface area contributed by atoms with Crippen LogP contribution >= 0.6 is 0 Å². The normalized spacial score (nSPS) is 27.7. The molecule has 3 N–H and O–H groups in total. The Morgan fingerprint density at radius 2 is 1.59 bits per heavy atom. The molecule has 7 heterocycles. The lowest BCUT2D eigenvalue weighted by Gasteiger charge is -2.54. The van der Waals surface area contributed by atoms with E-state index >= 15 is 4.39 Å². The van der Waals surface area contributed by atoms with Crippen molar-refractivity contribution in [2.24, 2.45) is 11.3 Å². The number of anilines is 2. The van der Waals surface area contributed by atoms with E-state index in [-0.39, 0.29) is 52.7 Å². The number of carbonyl (C=O) groups is 4. The van der Waals surface area contributed by atoms with E-state index in [0.29, 0.717) is 87.6 Å². The van der Waals surface area contributed by atoms with E-state index in [1.54, 1.807) is 28.1 Å². The number of pyridine rings is 1. The van der Waals surface area contributed by atoms with Gasteiger partial charge < -0.3 is 20.2 Å². The van der Waals surface area contributed by atoms with Crippen LogP contribution in [-0.2, 0) is 19.6 Å². The van der Waals surface area contributed by atoms with Crippen LogP contribution < -0.4 is 21.1 Å². The summed E-state index contributed by atoms with van der Waals surface area (Å²) in [7, 11) is -3.47. The van der Waals surface area contributed by atoms with Crippen LogP contribution in [0, 0.1) is 17.2 Å². The van der Waals surface area contributed by atoms with Crippen molar-refractivity contribution in [3.63, 3.8) is 0 Å². The Hall–Kier alpha value is -4.85. The number of carbonyl (C=O) groups excluding carboxylic acids is 4. The third kappa shape index (κ3) is 7.68. The molecule has 5 aliphatic heterocycles. The van der Waals surface area contributed by atoms with Gasteiger partial charge in [-0.15, -0.1) is 0 Å². The first-order valence-electron chi connectivity index (χ1n) is 23.0. The minimum absolute atomic E-state index is 0.0105. The molecule has 3 aromatic rings. The number of nitrogens with one attached hydrogen (secondary N) is 2. The lowest BCUT2D eigenvalue weighted by molar-refractivity contribution is -0.136. The third-order valence-electron chi connectivity index (χ3n) is 15.6. The smallest absolute Gasteiger partial charge is 0.262 e. The number of aliphatic hydroxyl groups is 1. The first-order valence-corrected chi connectivity index (χ1v) is 24.5. The molecule has 2 saturated carbocycles. The number of piperidine rings is 4. The zero-order valence-electron chi connectivity index (χ0n) is 36.1. The van der Waals surface area contributed by atoms with Gasteiger partial charge in [-0.25, -0.2) is 22.1 Å². The number of likely N-dealkylation sites (tertiary alicyclic amines) is 1. The van der Waals surface area contributed by atoms with Crippen LogP contribution in [0.5, 0.6) is 0 Å². The number of hydrogen-bond acceptors (Lipinski definition) is 13. The monoisotopic (exact) mass is 901 g/mol. The van der Waals surface area contributed by atoms with Gasteiger partial charge in [-0.05, 0) is 127 Å². The van der Waals surface area contributed by atoms with E-state index in [1.165, 1.54) is 12.1 Å². The van der Waals surface area contributed by atoms with Crippen molar-refractivity contribution in [3.05, 3.63) is 57.8 Å². The Bertz CT molecular complexity index is 2570. The number of nitrogens with zero attached hydrogens (tertiary/aromatic N) is 7. The van der Waals surface area contributed by atoms with Crippen LogP contribution in [0.3, 0.4) is 0 Å². The van der Waals surface area contributed by atoms with Gasteiger partial charge in [0, 0.05) is 62.8 Å². The minimum atomic E-state index is -3.47. The quantitative estimate of drug-likeness (QED) is 0.264.